The van der Waals surface area contributed by atoms with Gasteiger partial charge in [0, 0.05) is 5.92 Å². The summed E-state index contributed by atoms with van der Waals surface area (Å²) in [6.45, 7) is 8.23. The van der Waals surface area contributed by atoms with E-state index in [1.165, 1.54) is 0 Å². The van der Waals surface area contributed by atoms with Gasteiger partial charge in [-0.15, -0.1) is 0 Å². The van der Waals surface area contributed by atoms with Crippen LogP contribution in [-0.4, -0.2) is 16.5 Å². The predicted octanol–water partition coefficient (Wildman–Crippen LogP) is 3.03. The number of carbonyl (C=O) groups excluding carboxylic acids is 1. The highest BCUT2D eigenvalue weighted by Gasteiger charge is 2.53. The molecule has 0 saturated heterocycles. The van der Waals surface area contributed by atoms with Crippen LogP contribution in [0.4, 0.5) is 0 Å². The highest BCUT2D eigenvalue weighted by Crippen LogP contribution is 2.54. The Balaban J connectivity index is 2.28. The molecule has 2 fully saturated rings. The van der Waals surface area contributed by atoms with Gasteiger partial charge < -0.3 is 5.11 Å². The van der Waals surface area contributed by atoms with Gasteiger partial charge in [0.25, 0.3) is 0 Å². The number of aliphatic hydroxyl groups is 1. The Kier molecular flexibility index (Phi) is 3.37. The fourth-order valence-corrected chi connectivity index (χ4v) is 4.44. The van der Waals surface area contributed by atoms with Crippen LogP contribution in [0.2, 0.25) is 0 Å². The molecule has 2 heteroatoms. The molecular formula is C15H26O2. The van der Waals surface area contributed by atoms with Crippen molar-refractivity contribution in [1.29, 1.82) is 0 Å². The maximum atomic E-state index is 11.8. The van der Waals surface area contributed by atoms with Crippen molar-refractivity contribution in [3.63, 3.8) is 0 Å². The number of fused-ring (bicyclic) bond motifs is 1. The molecule has 2 aliphatic carbocycles. The minimum absolute atomic E-state index is 0.208. The molecule has 1 unspecified atom stereocenters. The Hall–Kier alpha value is -0.370. The smallest absolute Gasteiger partial charge is 0.133 e. The largest absolute Gasteiger partial charge is 0.390 e. The first-order valence-corrected chi connectivity index (χ1v) is 7.07. The van der Waals surface area contributed by atoms with E-state index in [0.29, 0.717) is 29.5 Å². The maximum Gasteiger partial charge on any atom is 0.133 e. The van der Waals surface area contributed by atoms with Gasteiger partial charge >= 0.3 is 0 Å². The molecular weight excluding hydrogens is 212 g/mol. The van der Waals surface area contributed by atoms with Crippen LogP contribution in [-0.2, 0) is 4.79 Å². The maximum absolute atomic E-state index is 11.8. The molecule has 0 spiro atoms. The van der Waals surface area contributed by atoms with Crippen molar-refractivity contribution in [3.8, 4) is 0 Å². The molecule has 2 rings (SSSR count). The number of hydrogen-bond donors (Lipinski definition) is 1. The summed E-state index contributed by atoms with van der Waals surface area (Å²) in [4.78, 5) is 11.8. The van der Waals surface area contributed by atoms with Gasteiger partial charge in [-0.25, -0.2) is 0 Å². The summed E-state index contributed by atoms with van der Waals surface area (Å²) in [5, 5.41) is 10.5. The van der Waals surface area contributed by atoms with Crippen LogP contribution in [0.3, 0.4) is 0 Å². The molecule has 0 aromatic heterocycles. The van der Waals surface area contributed by atoms with E-state index in [0.717, 1.165) is 25.7 Å². The Morgan fingerprint density at radius 1 is 1.29 bits per heavy atom. The highest BCUT2D eigenvalue weighted by atomic mass is 16.3. The van der Waals surface area contributed by atoms with Gasteiger partial charge in [0.1, 0.15) is 5.78 Å². The minimum Gasteiger partial charge on any atom is -0.390 e. The van der Waals surface area contributed by atoms with Gasteiger partial charge in [0.05, 0.1) is 5.60 Å². The Labute approximate surface area is 105 Å². The Morgan fingerprint density at radius 2 is 1.94 bits per heavy atom. The zero-order valence-electron chi connectivity index (χ0n) is 11.6. The average molecular weight is 238 g/mol. The van der Waals surface area contributed by atoms with E-state index < -0.39 is 5.60 Å². The molecule has 5 atom stereocenters. The molecule has 0 bridgehead atoms. The molecule has 0 aromatic carbocycles. The second-order valence-electron chi connectivity index (χ2n) is 6.78. The molecule has 2 aliphatic rings. The van der Waals surface area contributed by atoms with Crippen LogP contribution in [0, 0.1) is 29.6 Å². The molecule has 0 radical (unpaired) electrons. The summed E-state index contributed by atoms with van der Waals surface area (Å²) in [5.41, 5.74) is -0.541. The molecule has 17 heavy (non-hydrogen) atoms. The molecule has 2 nitrogen and oxygen atoms in total. The fourth-order valence-electron chi connectivity index (χ4n) is 4.44. The van der Waals surface area contributed by atoms with Gasteiger partial charge in [-0.2, -0.15) is 0 Å². The van der Waals surface area contributed by atoms with Gasteiger partial charge in [-0.1, -0.05) is 13.8 Å². The van der Waals surface area contributed by atoms with Gasteiger partial charge in [0.15, 0.2) is 0 Å². The number of carbonyl (C=O) groups is 1. The second-order valence-corrected chi connectivity index (χ2v) is 6.78. The quantitative estimate of drug-likeness (QED) is 0.803. The standard InChI is InChI=1S/C15H26O2/c1-9(2)11-7-8-15(4,17)13-6-5-12(10(3)16)14(11)13/h9,11-14,17H,5-8H2,1-4H3/t11-,12+,13+,14?,15+/m0/s1. The summed E-state index contributed by atoms with van der Waals surface area (Å²) in [6, 6.07) is 0. The minimum atomic E-state index is -0.541. The lowest BCUT2D eigenvalue weighted by molar-refractivity contribution is -0.127. The van der Waals surface area contributed by atoms with E-state index in [9.17, 15) is 9.90 Å². The highest BCUT2D eigenvalue weighted by molar-refractivity contribution is 5.79. The predicted molar refractivity (Wildman–Crippen MR) is 68.6 cm³/mol. The summed E-state index contributed by atoms with van der Waals surface area (Å²) in [6.07, 6.45) is 4.01. The zero-order chi connectivity index (χ0) is 12.8. The summed E-state index contributed by atoms with van der Waals surface area (Å²) in [7, 11) is 0. The van der Waals surface area contributed by atoms with Crippen molar-refractivity contribution in [2.75, 3.05) is 0 Å². The van der Waals surface area contributed by atoms with Crippen LogP contribution in [0.1, 0.15) is 53.4 Å². The first-order chi connectivity index (χ1) is 7.84. The number of rotatable bonds is 2. The molecule has 0 heterocycles. The van der Waals surface area contributed by atoms with Gasteiger partial charge in [-0.05, 0) is 63.2 Å². The first kappa shape index (κ1) is 13.1. The van der Waals surface area contributed by atoms with Crippen molar-refractivity contribution in [1.82, 2.24) is 0 Å². The van der Waals surface area contributed by atoms with Gasteiger partial charge in [-0.3, -0.25) is 4.79 Å². The topological polar surface area (TPSA) is 37.3 Å². The third-order valence-corrected chi connectivity index (χ3v) is 5.37. The molecule has 0 amide bonds. The second kappa shape index (κ2) is 4.38. The van der Waals surface area contributed by atoms with E-state index in [2.05, 4.69) is 13.8 Å². The summed E-state index contributed by atoms with van der Waals surface area (Å²) < 4.78 is 0. The number of hydrogen-bond acceptors (Lipinski definition) is 2. The van der Waals surface area contributed by atoms with Crippen molar-refractivity contribution in [2.45, 2.75) is 59.0 Å². The third-order valence-electron chi connectivity index (χ3n) is 5.37. The average Bonchev–Trinajstić information content (AvgIpc) is 2.62. The lowest BCUT2D eigenvalue weighted by Crippen LogP contribution is -2.47. The normalized spacial score (nSPS) is 46.0. The molecule has 0 aromatic rings. The number of ketones is 1. The van der Waals surface area contributed by atoms with Crippen LogP contribution >= 0.6 is 0 Å². The van der Waals surface area contributed by atoms with E-state index >= 15 is 0 Å². The van der Waals surface area contributed by atoms with Crippen LogP contribution < -0.4 is 0 Å². The summed E-state index contributed by atoms with van der Waals surface area (Å²) >= 11 is 0. The van der Waals surface area contributed by atoms with Crippen molar-refractivity contribution >= 4 is 5.78 Å². The molecule has 2 saturated carbocycles. The fraction of sp³-hybridized carbons (Fsp3) is 0.933. The number of Topliss-reactive ketones (excluding diaryl/α,β-unsaturated/α-hetero) is 1. The first-order valence-electron chi connectivity index (χ1n) is 7.07. The van der Waals surface area contributed by atoms with E-state index in [1.54, 1.807) is 6.92 Å². The summed E-state index contributed by atoms with van der Waals surface area (Å²) in [5.74, 6) is 2.56. The van der Waals surface area contributed by atoms with Crippen LogP contribution in [0.25, 0.3) is 0 Å². The molecule has 0 aliphatic heterocycles. The third kappa shape index (κ3) is 2.16. The van der Waals surface area contributed by atoms with Crippen molar-refractivity contribution in [3.05, 3.63) is 0 Å². The van der Waals surface area contributed by atoms with E-state index in [1.807, 2.05) is 6.92 Å². The van der Waals surface area contributed by atoms with Gasteiger partial charge in [0.2, 0.25) is 0 Å². The molecule has 1 N–H and O–H groups in total. The van der Waals surface area contributed by atoms with Crippen LogP contribution in [0.5, 0.6) is 0 Å². The Bertz CT molecular complexity index is 306. The Morgan fingerprint density at radius 3 is 2.47 bits per heavy atom. The van der Waals surface area contributed by atoms with E-state index in [4.69, 9.17) is 0 Å². The van der Waals surface area contributed by atoms with Crippen molar-refractivity contribution in [2.24, 2.45) is 29.6 Å². The van der Waals surface area contributed by atoms with Crippen molar-refractivity contribution < 1.29 is 9.90 Å². The monoisotopic (exact) mass is 238 g/mol. The van der Waals surface area contributed by atoms with Crippen LogP contribution in [0.15, 0.2) is 0 Å². The molecule has 98 valence electrons. The van der Waals surface area contributed by atoms with E-state index in [-0.39, 0.29) is 5.92 Å². The lowest BCUT2D eigenvalue weighted by atomic mass is 9.61. The lowest BCUT2D eigenvalue weighted by Gasteiger charge is -2.46. The zero-order valence-corrected chi connectivity index (χ0v) is 11.6. The SMILES string of the molecule is CC(=O)[C@H]1CC[C@@H]2C1[C@H](C(C)C)CC[C@@]2(C)O.